The number of rotatable bonds is 3. The Morgan fingerprint density at radius 3 is 2.89 bits per heavy atom. The Labute approximate surface area is 115 Å². The van der Waals surface area contributed by atoms with Crippen LogP contribution in [0.4, 0.5) is 5.95 Å². The van der Waals surface area contributed by atoms with Crippen LogP contribution in [0.1, 0.15) is 5.69 Å². The molecule has 0 saturated carbocycles. The van der Waals surface area contributed by atoms with Crippen molar-refractivity contribution in [2.24, 2.45) is 7.05 Å². The number of anilines is 1. The lowest BCUT2D eigenvalue weighted by Gasteiger charge is -2.07. The molecule has 0 unspecified atom stereocenters. The summed E-state index contributed by atoms with van der Waals surface area (Å²) in [5.41, 5.74) is 8.96. The second-order valence-corrected chi connectivity index (χ2v) is 4.89. The number of fused-ring (bicyclic) bond motifs is 1. The topological polar surface area (TPSA) is 61.7 Å². The lowest BCUT2D eigenvalue weighted by molar-refractivity contribution is 0.651. The fourth-order valence-corrected chi connectivity index (χ4v) is 2.39. The molecule has 19 heavy (non-hydrogen) atoms. The molecule has 6 heteroatoms. The third-order valence-corrected chi connectivity index (χ3v) is 3.49. The van der Waals surface area contributed by atoms with E-state index in [0.717, 1.165) is 29.7 Å². The van der Waals surface area contributed by atoms with Crippen molar-refractivity contribution in [2.45, 2.75) is 13.0 Å². The molecular formula is C13H14ClN5. The molecule has 0 fully saturated rings. The number of halogens is 1. The summed E-state index contributed by atoms with van der Waals surface area (Å²) in [6, 6.07) is 7.60. The third-order valence-electron chi connectivity index (χ3n) is 3.25. The summed E-state index contributed by atoms with van der Waals surface area (Å²) in [5, 5.41) is 4.84. The van der Waals surface area contributed by atoms with Crippen molar-refractivity contribution in [3.63, 3.8) is 0 Å². The smallest absolute Gasteiger partial charge is 0.201 e. The van der Waals surface area contributed by atoms with Crippen LogP contribution >= 0.6 is 11.6 Å². The lowest BCUT2D eigenvalue weighted by atomic mass is 10.3. The highest BCUT2D eigenvalue weighted by molar-refractivity contribution is 6.31. The van der Waals surface area contributed by atoms with Crippen LogP contribution in [-0.2, 0) is 20.0 Å². The first-order valence-electron chi connectivity index (χ1n) is 6.03. The summed E-state index contributed by atoms with van der Waals surface area (Å²) in [4.78, 5) is 4.34. The van der Waals surface area contributed by atoms with E-state index in [1.165, 1.54) is 0 Å². The van der Waals surface area contributed by atoms with Crippen LogP contribution in [0.5, 0.6) is 0 Å². The van der Waals surface area contributed by atoms with Gasteiger partial charge < -0.3 is 10.3 Å². The van der Waals surface area contributed by atoms with Gasteiger partial charge in [-0.25, -0.2) is 4.98 Å². The van der Waals surface area contributed by atoms with Gasteiger partial charge in [-0.05, 0) is 24.3 Å². The van der Waals surface area contributed by atoms with Gasteiger partial charge in [0.05, 0.1) is 11.0 Å². The first-order valence-corrected chi connectivity index (χ1v) is 6.41. The number of benzene rings is 1. The standard InChI is InChI=1S/C13H14ClN5/c1-18-10(4-6-16-18)5-7-19-12-8-9(14)2-3-11(12)17-13(19)15/h2-4,6,8H,5,7H2,1H3,(H2,15,17). The molecule has 0 spiro atoms. The summed E-state index contributed by atoms with van der Waals surface area (Å²) >= 11 is 6.03. The summed E-state index contributed by atoms with van der Waals surface area (Å²) in [6.07, 6.45) is 2.64. The van der Waals surface area contributed by atoms with Gasteiger partial charge in [0.1, 0.15) is 0 Å². The van der Waals surface area contributed by atoms with Gasteiger partial charge >= 0.3 is 0 Å². The predicted molar refractivity (Wildman–Crippen MR) is 76.1 cm³/mol. The zero-order chi connectivity index (χ0) is 13.4. The summed E-state index contributed by atoms with van der Waals surface area (Å²) in [6.45, 7) is 0.752. The zero-order valence-corrected chi connectivity index (χ0v) is 11.3. The zero-order valence-electron chi connectivity index (χ0n) is 10.5. The molecule has 1 aromatic carbocycles. The SMILES string of the molecule is Cn1nccc1CCn1c(N)nc2ccc(Cl)cc21. The van der Waals surface area contributed by atoms with E-state index < -0.39 is 0 Å². The molecule has 0 atom stereocenters. The molecule has 0 aliphatic carbocycles. The normalized spacial score (nSPS) is 11.3. The van der Waals surface area contributed by atoms with Crippen molar-refractivity contribution in [1.29, 1.82) is 0 Å². The van der Waals surface area contributed by atoms with Crippen LogP contribution in [0.15, 0.2) is 30.5 Å². The van der Waals surface area contributed by atoms with E-state index in [9.17, 15) is 0 Å². The number of nitrogens with two attached hydrogens (primary N) is 1. The van der Waals surface area contributed by atoms with E-state index in [1.54, 1.807) is 6.20 Å². The molecule has 0 bridgehead atoms. The van der Waals surface area contributed by atoms with Crippen molar-refractivity contribution in [3.05, 3.63) is 41.2 Å². The largest absolute Gasteiger partial charge is 0.369 e. The third kappa shape index (κ3) is 2.17. The minimum absolute atomic E-state index is 0.513. The molecule has 2 aromatic heterocycles. The minimum Gasteiger partial charge on any atom is -0.369 e. The molecule has 3 aromatic rings. The lowest BCUT2D eigenvalue weighted by Crippen LogP contribution is -2.08. The first-order chi connectivity index (χ1) is 9.15. The first kappa shape index (κ1) is 12.0. The van der Waals surface area contributed by atoms with Crippen LogP contribution < -0.4 is 5.73 Å². The van der Waals surface area contributed by atoms with Crippen LogP contribution in [0, 0.1) is 0 Å². The van der Waals surface area contributed by atoms with Gasteiger partial charge in [0.15, 0.2) is 0 Å². The van der Waals surface area contributed by atoms with Gasteiger partial charge in [0.2, 0.25) is 5.95 Å². The quantitative estimate of drug-likeness (QED) is 0.797. The van der Waals surface area contributed by atoms with Gasteiger partial charge in [-0.2, -0.15) is 5.10 Å². The molecule has 0 aliphatic heterocycles. The van der Waals surface area contributed by atoms with Crippen molar-refractivity contribution in [3.8, 4) is 0 Å². The van der Waals surface area contributed by atoms with Crippen LogP contribution in [0.3, 0.4) is 0 Å². The van der Waals surface area contributed by atoms with Gasteiger partial charge in [0, 0.05) is 36.9 Å². The molecule has 2 N–H and O–H groups in total. The molecular weight excluding hydrogens is 262 g/mol. The Balaban J connectivity index is 1.94. The number of hydrogen-bond donors (Lipinski definition) is 1. The highest BCUT2D eigenvalue weighted by Gasteiger charge is 2.09. The number of aromatic nitrogens is 4. The van der Waals surface area contributed by atoms with Crippen molar-refractivity contribution in [2.75, 3.05) is 5.73 Å². The van der Waals surface area contributed by atoms with E-state index in [4.69, 9.17) is 17.3 Å². The molecule has 3 rings (SSSR count). The molecule has 5 nitrogen and oxygen atoms in total. The van der Waals surface area contributed by atoms with Crippen molar-refractivity contribution >= 4 is 28.6 Å². The average Bonchev–Trinajstić information content (AvgIpc) is 2.90. The maximum atomic E-state index is 6.03. The highest BCUT2D eigenvalue weighted by Crippen LogP contribution is 2.22. The number of nitrogens with zero attached hydrogens (tertiary/aromatic N) is 4. The molecule has 2 heterocycles. The van der Waals surface area contributed by atoms with E-state index in [2.05, 4.69) is 10.1 Å². The summed E-state index contributed by atoms with van der Waals surface area (Å²) < 4.78 is 3.84. The Kier molecular flexibility index (Phi) is 2.91. The molecule has 0 saturated heterocycles. The second kappa shape index (κ2) is 4.59. The van der Waals surface area contributed by atoms with Crippen LogP contribution in [0.25, 0.3) is 11.0 Å². The molecule has 0 amide bonds. The van der Waals surface area contributed by atoms with Gasteiger partial charge in [-0.1, -0.05) is 11.6 Å². The van der Waals surface area contributed by atoms with E-state index in [-0.39, 0.29) is 0 Å². The van der Waals surface area contributed by atoms with Crippen molar-refractivity contribution < 1.29 is 0 Å². The number of nitrogen functional groups attached to an aromatic ring is 1. The highest BCUT2D eigenvalue weighted by atomic mass is 35.5. The summed E-state index contributed by atoms with van der Waals surface area (Å²) in [7, 11) is 1.93. The van der Waals surface area contributed by atoms with E-state index >= 15 is 0 Å². The maximum absolute atomic E-state index is 6.03. The summed E-state index contributed by atoms with van der Waals surface area (Å²) in [5.74, 6) is 0.513. The van der Waals surface area contributed by atoms with Gasteiger partial charge in [0.25, 0.3) is 0 Å². The number of aryl methyl sites for hydroxylation is 3. The fraction of sp³-hybridized carbons (Fsp3) is 0.231. The minimum atomic E-state index is 0.513. The molecule has 98 valence electrons. The van der Waals surface area contributed by atoms with Gasteiger partial charge in [-0.15, -0.1) is 0 Å². The van der Waals surface area contributed by atoms with Crippen molar-refractivity contribution in [1.82, 2.24) is 19.3 Å². The molecule has 0 aliphatic rings. The van der Waals surface area contributed by atoms with E-state index in [1.807, 2.05) is 40.6 Å². The maximum Gasteiger partial charge on any atom is 0.201 e. The van der Waals surface area contributed by atoms with Crippen LogP contribution in [0.2, 0.25) is 5.02 Å². The van der Waals surface area contributed by atoms with Crippen LogP contribution in [-0.4, -0.2) is 19.3 Å². The number of imidazole rings is 1. The predicted octanol–water partition coefficient (Wildman–Crippen LogP) is 2.25. The second-order valence-electron chi connectivity index (χ2n) is 4.45. The number of hydrogen-bond acceptors (Lipinski definition) is 3. The Morgan fingerprint density at radius 1 is 1.32 bits per heavy atom. The van der Waals surface area contributed by atoms with Gasteiger partial charge in [-0.3, -0.25) is 4.68 Å². The average molecular weight is 276 g/mol. The Hall–Kier alpha value is -2.01. The monoisotopic (exact) mass is 275 g/mol. The Morgan fingerprint density at radius 2 is 2.16 bits per heavy atom. The molecule has 0 radical (unpaired) electrons. The Bertz CT molecular complexity index is 728. The van der Waals surface area contributed by atoms with E-state index in [0.29, 0.717) is 11.0 Å². The fourth-order valence-electron chi connectivity index (χ4n) is 2.22.